The lowest BCUT2D eigenvalue weighted by molar-refractivity contribution is -0.134. The molecule has 2 N–H and O–H groups in total. The zero-order valence-corrected chi connectivity index (χ0v) is 16.1. The second kappa shape index (κ2) is 8.39. The van der Waals surface area contributed by atoms with Gasteiger partial charge in [0.1, 0.15) is 0 Å². The van der Waals surface area contributed by atoms with Crippen molar-refractivity contribution >= 4 is 11.9 Å². The third-order valence-corrected chi connectivity index (χ3v) is 6.08. The molecule has 2 saturated carbocycles. The highest BCUT2D eigenvalue weighted by molar-refractivity contribution is 5.81. The smallest absolute Gasteiger partial charge is 0.225 e. The molecular formula is C19H35N5O. The molecule has 3 rings (SSSR count). The fourth-order valence-corrected chi connectivity index (χ4v) is 4.35. The molecule has 2 aliphatic carbocycles. The van der Waals surface area contributed by atoms with E-state index in [0.29, 0.717) is 18.0 Å². The Balaban J connectivity index is 1.43. The number of aliphatic imine (C=N–C) groups is 1. The number of likely N-dealkylation sites (tertiary alicyclic amines) is 1. The number of nitrogens with zero attached hydrogens (tertiary/aromatic N) is 3. The molecule has 0 aromatic heterocycles. The molecule has 0 radical (unpaired) electrons. The number of likely N-dealkylation sites (N-methyl/N-ethyl adjacent to an activating group) is 1. The first kappa shape index (κ1) is 18.5. The monoisotopic (exact) mass is 349 g/mol. The van der Waals surface area contributed by atoms with Crippen molar-refractivity contribution in [1.29, 1.82) is 0 Å². The zero-order valence-electron chi connectivity index (χ0n) is 16.1. The second-order valence-corrected chi connectivity index (χ2v) is 8.22. The Morgan fingerprint density at radius 3 is 2.52 bits per heavy atom. The van der Waals surface area contributed by atoms with Crippen molar-refractivity contribution in [2.24, 2.45) is 16.8 Å². The number of nitrogens with one attached hydrogen (secondary N) is 2. The highest BCUT2D eigenvalue weighted by Crippen LogP contribution is 2.34. The molecule has 1 heterocycles. The predicted molar refractivity (Wildman–Crippen MR) is 102 cm³/mol. The van der Waals surface area contributed by atoms with Crippen molar-refractivity contribution < 1.29 is 4.79 Å². The van der Waals surface area contributed by atoms with E-state index >= 15 is 0 Å². The van der Waals surface area contributed by atoms with Crippen molar-refractivity contribution in [2.75, 3.05) is 40.8 Å². The van der Waals surface area contributed by atoms with Gasteiger partial charge in [0.2, 0.25) is 5.91 Å². The van der Waals surface area contributed by atoms with Gasteiger partial charge in [0.15, 0.2) is 5.96 Å². The quantitative estimate of drug-likeness (QED) is 0.560. The van der Waals surface area contributed by atoms with Crippen LogP contribution in [0.25, 0.3) is 0 Å². The first-order valence-electron chi connectivity index (χ1n) is 10.0. The summed E-state index contributed by atoms with van der Waals surface area (Å²) < 4.78 is 0. The Hall–Kier alpha value is -1.30. The van der Waals surface area contributed by atoms with Crippen molar-refractivity contribution in [3.63, 3.8) is 0 Å². The maximum absolute atomic E-state index is 12.6. The van der Waals surface area contributed by atoms with Crippen LogP contribution in [0.4, 0.5) is 0 Å². The van der Waals surface area contributed by atoms with Crippen molar-refractivity contribution in [3.05, 3.63) is 0 Å². The fraction of sp³-hybridized carbons (Fsp3) is 0.895. The van der Waals surface area contributed by atoms with Gasteiger partial charge in [-0.25, -0.2) is 0 Å². The van der Waals surface area contributed by atoms with Crippen LogP contribution >= 0.6 is 0 Å². The van der Waals surface area contributed by atoms with Gasteiger partial charge in [-0.2, -0.15) is 0 Å². The van der Waals surface area contributed by atoms with Crippen LogP contribution in [0.5, 0.6) is 0 Å². The van der Waals surface area contributed by atoms with Gasteiger partial charge < -0.3 is 20.4 Å². The van der Waals surface area contributed by atoms with Gasteiger partial charge in [-0.1, -0.05) is 12.8 Å². The van der Waals surface area contributed by atoms with Gasteiger partial charge in [-0.05, 0) is 52.1 Å². The number of rotatable bonds is 6. The van der Waals surface area contributed by atoms with Crippen molar-refractivity contribution in [2.45, 2.75) is 57.0 Å². The highest BCUT2D eigenvalue weighted by Gasteiger charge is 2.34. The van der Waals surface area contributed by atoms with Crippen LogP contribution < -0.4 is 10.6 Å². The van der Waals surface area contributed by atoms with E-state index < -0.39 is 0 Å². The number of amides is 1. The molecule has 0 aromatic rings. The zero-order chi connectivity index (χ0) is 17.8. The lowest BCUT2D eigenvalue weighted by atomic mass is 10.1. The van der Waals surface area contributed by atoms with Crippen molar-refractivity contribution in [3.8, 4) is 0 Å². The van der Waals surface area contributed by atoms with Crippen LogP contribution in [0.2, 0.25) is 0 Å². The topological polar surface area (TPSA) is 60.0 Å². The largest absolute Gasteiger partial charge is 0.355 e. The van der Waals surface area contributed by atoms with E-state index in [4.69, 9.17) is 0 Å². The molecule has 2 unspecified atom stereocenters. The third kappa shape index (κ3) is 4.87. The lowest BCUT2D eigenvalue weighted by Gasteiger charge is -2.26. The van der Waals surface area contributed by atoms with Crippen molar-refractivity contribution in [1.82, 2.24) is 20.4 Å². The summed E-state index contributed by atoms with van der Waals surface area (Å²) in [5.74, 6) is 2.36. The lowest BCUT2D eigenvalue weighted by Crippen LogP contribution is -2.49. The SMILES string of the molecule is CN=C(NCC(C1CC1)N(C)C)NC1CCN(C(=O)C2CCCC2)C1. The molecule has 0 aromatic carbocycles. The van der Waals surface area contributed by atoms with Crippen LogP contribution in [-0.2, 0) is 4.79 Å². The molecule has 25 heavy (non-hydrogen) atoms. The summed E-state index contributed by atoms with van der Waals surface area (Å²) in [6.45, 7) is 2.62. The molecular weight excluding hydrogens is 314 g/mol. The Labute approximate surface area is 152 Å². The number of carbonyl (C=O) groups excluding carboxylic acids is 1. The average Bonchev–Trinajstić information content (AvgIpc) is 3.11. The molecule has 1 amide bonds. The van der Waals surface area contributed by atoms with E-state index in [1.807, 2.05) is 7.05 Å². The summed E-state index contributed by atoms with van der Waals surface area (Å²) in [6.07, 6.45) is 8.31. The average molecular weight is 350 g/mol. The molecule has 6 nitrogen and oxygen atoms in total. The number of guanidine groups is 1. The summed E-state index contributed by atoms with van der Waals surface area (Å²) in [4.78, 5) is 21.3. The van der Waals surface area contributed by atoms with Crippen LogP contribution in [0.15, 0.2) is 4.99 Å². The van der Waals surface area contributed by atoms with Crippen LogP contribution in [0.3, 0.4) is 0 Å². The molecule has 1 saturated heterocycles. The third-order valence-electron chi connectivity index (χ3n) is 6.08. The highest BCUT2D eigenvalue weighted by atomic mass is 16.2. The Kier molecular flexibility index (Phi) is 6.20. The summed E-state index contributed by atoms with van der Waals surface area (Å²) in [5.41, 5.74) is 0. The van der Waals surface area contributed by atoms with E-state index in [0.717, 1.165) is 50.8 Å². The fourth-order valence-electron chi connectivity index (χ4n) is 4.35. The first-order chi connectivity index (χ1) is 12.1. The molecule has 3 fully saturated rings. The summed E-state index contributed by atoms with van der Waals surface area (Å²) in [6, 6.07) is 0.887. The van der Waals surface area contributed by atoms with Gasteiger partial charge in [-0.3, -0.25) is 9.79 Å². The van der Waals surface area contributed by atoms with E-state index in [9.17, 15) is 4.79 Å². The van der Waals surface area contributed by atoms with Gasteiger partial charge >= 0.3 is 0 Å². The summed E-state index contributed by atoms with van der Waals surface area (Å²) in [7, 11) is 6.14. The van der Waals surface area contributed by atoms with Crippen LogP contribution in [0.1, 0.15) is 44.9 Å². The van der Waals surface area contributed by atoms with E-state index in [-0.39, 0.29) is 5.92 Å². The molecule has 0 spiro atoms. The number of hydrogen-bond donors (Lipinski definition) is 2. The molecule has 3 aliphatic rings. The normalized spacial score (nSPS) is 26.3. The Morgan fingerprint density at radius 1 is 1.20 bits per heavy atom. The first-order valence-corrected chi connectivity index (χ1v) is 10.0. The number of hydrogen-bond acceptors (Lipinski definition) is 3. The molecule has 1 aliphatic heterocycles. The van der Waals surface area contributed by atoms with Crippen LogP contribution in [-0.4, -0.2) is 74.5 Å². The minimum atomic E-state index is 0.288. The molecule has 2 atom stereocenters. The van der Waals surface area contributed by atoms with E-state index in [1.165, 1.54) is 25.7 Å². The predicted octanol–water partition coefficient (Wildman–Crippen LogP) is 1.28. The second-order valence-electron chi connectivity index (χ2n) is 8.22. The Morgan fingerprint density at radius 2 is 1.92 bits per heavy atom. The standard InChI is InChI=1S/C19H35N5O/c1-20-19(21-12-17(23(2)3)14-8-9-14)22-16-10-11-24(13-16)18(25)15-6-4-5-7-15/h14-17H,4-13H2,1-3H3,(H2,20,21,22). The molecule has 0 bridgehead atoms. The molecule has 6 heteroatoms. The maximum atomic E-state index is 12.6. The number of carbonyl (C=O) groups is 1. The van der Waals surface area contributed by atoms with E-state index in [1.54, 1.807) is 0 Å². The van der Waals surface area contributed by atoms with E-state index in [2.05, 4.69) is 39.5 Å². The minimum Gasteiger partial charge on any atom is -0.355 e. The minimum absolute atomic E-state index is 0.288. The van der Waals surface area contributed by atoms with Gasteiger partial charge in [0, 0.05) is 44.7 Å². The summed E-state index contributed by atoms with van der Waals surface area (Å²) >= 11 is 0. The molecule has 142 valence electrons. The van der Waals surface area contributed by atoms with Crippen LogP contribution in [0, 0.1) is 11.8 Å². The van der Waals surface area contributed by atoms with Gasteiger partial charge in [0.05, 0.1) is 0 Å². The van der Waals surface area contributed by atoms with Gasteiger partial charge in [0.25, 0.3) is 0 Å². The Bertz CT molecular complexity index is 480. The van der Waals surface area contributed by atoms with Gasteiger partial charge in [-0.15, -0.1) is 0 Å². The maximum Gasteiger partial charge on any atom is 0.225 e. The summed E-state index contributed by atoms with van der Waals surface area (Å²) in [5, 5.41) is 7.01.